The van der Waals surface area contributed by atoms with Crippen molar-refractivity contribution in [2.24, 2.45) is 0 Å². The van der Waals surface area contributed by atoms with Crippen LogP contribution in [0.2, 0.25) is 0 Å². The van der Waals surface area contributed by atoms with E-state index in [4.69, 9.17) is 29.2 Å². The summed E-state index contributed by atoms with van der Waals surface area (Å²) >= 11 is 12.7. The van der Waals surface area contributed by atoms with E-state index >= 15 is 0 Å². The number of carbonyl (C=O) groups is 3. The van der Waals surface area contributed by atoms with E-state index in [1.165, 1.54) is 28.4 Å². The van der Waals surface area contributed by atoms with Crippen molar-refractivity contribution in [1.29, 1.82) is 0 Å². The summed E-state index contributed by atoms with van der Waals surface area (Å²) in [5.74, 6) is 0.0130. The molecule has 2 saturated heterocycles. The third-order valence-corrected chi connectivity index (χ3v) is 6.57. The van der Waals surface area contributed by atoms with Crippen LogP contribution in [-0.4, -0.2) is 55.7 Å². The molecule has 3 rings (SSSR count). The molecule has 0 atom stereocenters. The minimum absolute atomic E-state index is 0.000679. The van der Waals surface area contributed by atoms with E-state index in [2.05, 4.69) is 5.43 Å². The molecule has 1 aromatic rings. The Labute approximate surface area is 180 Å². The Morgan fingerprint density at radius 1 is 1.25 bits per heavy atom. The lowest BCUT2D eigenvalue weighted by Gasteiger charge is -2.18. The smallest absolute Gasteiger partial charge is 0.266 e. The second-order valence-corrected chi connectivity index (χ2v) is 8.96. The molecule has 2 fully saturated rings. The molecule has 3 amide bonds. The molecular weight excluding hydrogens is 438 g/mol. The molecule has 2 aliphatic heterocycles. The highest BCUT2D eigenvalue weighted by Crippen LogP contribution is 2.32. The monoisotopic (exact) mass is 453 g/mol. The van der Waals surface area contributed by atoms with Crippen LogP contribution in [0.1, 0.15) is 12.0 Å². The zero-order valence-corrected chi connectivity index (χ0v) is 17.9. The number of benzene rings is 1. The Balaban J connectivity index is 1.58. The average molecular weight is 454 g/mol. The number of hydrogen-bond acceptors (Lipinski definition) is 8. The molecule has 0 aromatic heterocycles. The van der Waals surface area contributed by atoms with Gasteiger partial charge in [0.2, 0.25) is 5.91 Å². The Morgan fingerprint density at radius 3 is 2.57 bits per heavy atom. The Hall–Kier alpha value is -1.95. The molecule has 146 valence electrons. The molecule has 0 bridgehead atoms. The van der Waals surface area contributed by atoms with Crippen LogP contribution in [0, 0.1) is 0 Å². The van der Waals surface area contributed by atoms with Crippen LogP contribution in [-0.2, 0) is 14.4 Å². The number of nitrogens with one attached hydrogen (secondary N) is 1. The summed E-state index contributed by atoms with van der Waals surface area (Å²) in [6, 6.07) is 7.29. The molecule has 1 aromatic carbocycles. The average Bonchev–Trinajstić information content (AvgIpc) is 3.13. The van der Waals surface area contributed by atoms with E-state index in [0.717, 1.165) is 16.3 Å². The number of carbonyl (C=O) groups excluding carboxylic acids is 3. The summed E-state index contributed by atoms with van der Waals surface area (Å²) in [5.41, 5.74) is 3.31. The van der Waals surface area contributed by atoms with Crippen LogP contribution in [0.25, 0.3) is 6.08 Å². The summed E-state index contributed by atoms with van der Waals surface area (Å²) in [6.07, 6.45) is 1.75. The van der Waals surface area contributed by atoms with E-state index in [-0.39, 0.29) is 30.5 Å². The first kappa shape index (κ1) is 20.8. The molecule has 2 heterocycles. The van der Waals surface area contributed by atoms with Gasteiger partial charge >= 0.3 is 0 Å². The lowest BCUT2D eigenvalue weighted by atomic mass is 10.2. The maximum absolute atomic E-state index is 12.6. The number of rotatable bonds is 6. The summed E-state index contributed by atoms with van der Waals surface area (Å²) in [4.78, 5) is 38.2. The quantitative estimate of drug-likeness (QED) is 0.519. The van der Waals surface area contributed by atoms with E-state index in [9.17, 15) is 14.4 Å². The van der Waals surface area contributed by atoms with Gasteiger partial charge in [0.1, 0.15) is 10.1 Å². The molecule has 1 N–H and O–H groups in total. The number of amides is 3. The third kappa shape index (κ3) is 4.72. The van der Waals surface area contributed by atoms with Crippen molar-refractivity contribution in [1.82, 2.24) is 15.3 Å². The van der Waals surface area contributed by atoms with Gasteiger partial charge in [-0.3, -0.25) is 24.7 Å². The van der Waals surface area contributed by atoms with Gasteiger partial charge in [0.25, 0.3) is 11.8 Å². The van der Waals surface area contributed by atoms with Gasteiger partial charge in [-0.15, -0.1) is 0 Å². The Kier molecular flexibility index (Phi) is 6.70. The van der Waals surface area contributed by atoms with E-state index in [1.807, 2.05) is 12.1 Å². The van der Waals surface area contributed by atoms with Crippen molar-refractivity contribution in [3.63, 3.8) is 0 Å². The Bertz CT molecular complexity index is 869. The molecule has 0 radical (unpaired) electrons. The molecule has 0 spiro atoms. The summed E-state index contributed by atoms with van der Waals surface area (Å²) in [6.45, 7) is 0.123. The number of hydrogen-bond donors (Lipinski definition) is 1. The number of ether oxygens (including phenoxy) is 1. The van der Waals surface area contributed by atoms with Gasteiger partial charge in [0.15, 0.2) is 4.32 Å². The molecule has 28 heavy (non-hydrogen) atoms. The fraction of sp³-hybridized carbons (Fsp3) is 0.235. The number of nitrogens with zero attached hydrogens (tertiary/aromatic N) is 2. The van der Waals surface area contributed by atoms with Crippen molar-refractivity contribution >= 4 is 80.4 Å². The van der Waals surface area contributed by atoms with Crippen molar-refractivity contribution in [3.8, 4) is 5.75 Å². The van der Waals surface area contributed by atoms with Gasteiger partial charge in [-0.1, -0.05) is 60.1 Å². The van der Waals surface area contributed by atoms with Crippen molar-refractivity contribution in [2.45, 2.75) is 6.42 Å². The lowest BCUT2D eigenvalue weighted by Crippen LogP contribution is -2.46. The van der Waals surface area contributed by atoms with Crippen molar-refractivity contribution < 1.29 is 19.1 Å². The predicted molar refractivity (Wildman–Crippen MR) is 118 cm³/mol. The first-order chi connectivity index (χ1) is 13.4. The highest BCUT2D eigenvalue weighted by atomic mass is 32.2. The summed E-state index contributed by atoms with van der Waals surface area (Å²) in [7, 11) is 1.59. The normalized spacial score (nSPS) is 18.4. The second kappa shape index (κ2) is 9.03. The SMILES string of the molecule is COc1ccc(/C=C2/SC(=S)N(CCC(=O)NN3C(=O)CSC3=S)C2=O)cc1. The molecule has 0 saturated carbocycles. The van der Waals surface area contributed by atoms with Crippen LogP contribution in [0.15, 0.2) is 29.2 Å². The van der Waals surface area contributed by atoms with Gasteiger partial charge in [-0.05, 0) is 23.8 Å². The Morgan fingerprint density at radius 2 is 1.96 bits per heavy atom. The van der Waals surface area contributed by atoms with E-state index < -0.39 is 5.91 Å². The maximum Gasteiger partial charge on any atom is 0.266 e. The van der Waals surface area contributed by atoms with Crippen molar-refractivity contribution in [2.75, 3.05) is 19.4 Å². The fourth-order valence-electron chi connectivity index (χ4n) is 2.40. The van der Waals surface area contributed by atoms with Gasteiger partial charge in [0.05, 0.1) is 17.8 Å². The van der Waals surface area contributed by atoms with Crippen molar-refractivity contribution in [3.05, 3.63) is 34.7 Å². The van der Waals surface area contributed by atoms with Gasteiger partial charge in [-0.25, -0.2) is 5.01 Å². The highest BCUT2D eigenvalue weighted by molar-refractivity contribution is 8.26. The predicted octanol–water partition coefficient (Wildman–Crippen LogP) is 2.18. The minimum atomic E-state index is -0.411. The zero-order valence-electron chi connectivity index (χ0n) is 14.7. The molecule has 0 aliphatic carbocycles. The molecule has 7 nitrogen and oxygen atoms in total. The standard InChI is InChI=1S/C17H15N3O4S4/c1-24-11-4-2-10(3-5-11)8-12-15(23)19(16(25)28-12)7-6-13(21)18-20-14(22)9-27-17(20)26/h2-5,8H,6-7,9H2,1H3,(H,18,21)/b12-8+. The fourth-order valence-corrected chi connectivity index (χ4v) is 4.69. The highest BCUT2D eigenvalue weighted by Gasteiger charge is 2.33. The number of hydrazine groups is 1. The molecular formula is C17H15N3O4S4. The number of methoxy groups -OCH3 is 1. The summed E-state index contributed by atoms with van der Waals surface area (Å²) < 4.78 is 5.82. The molecule has 2 aliphatic rings. The third-order valence-electron chi connectivity index (χ3n) is 3.84. The zero-order chi connectivity index (χ0) is 20.3. The summed E-state index contributed by atoms with van der Waals surface area (Å²) in [5, 5.41) is 1.07. The first-order valence-electron chi connectivity index (χ1n) is 8.07. The molecule has 11 heteroatoms. The van der Waals surface area contributed by atoms with Crippen LogP contribution in [0.5, 0.6) is 5.75 Å². The van der Waals surface area contributed by atoms with E-state index in [1.54, 1.807) is 25.3 Å². The second-order valence-electron chi connectivity index (χ2n) is 5.68. The topological polar surface area (TPSA) is 79.0 Å². The van der Waals surface area contributed by atoms with Gasteiger partial charge in [-0.2, -0.15) is 0 Å². The lowest BCUT2D eigenvalue weighted by molar-refractivity contribution is -0.134. The first-order valence-corrected chi connectivity index (χ1v) is 10.7. The van der Waals surface area contributed by atoms with Crippen LogP contribution in [0.4, 0.5) is 0 Å². The van der Waals surface area contributed by atoms with Crippen LogP contribution < -0.4 is 10.2 Å². The van der Waals surface area contributed by atoms with Gasteiger partial charge in [0, 0.05) is 13.0 Å². The number of thioether (sulfide) groups is 2. The van der Waals surface area contributed by atoms with E-state index in [0.29, 0.717) is 13.5 Å². The largest absolute Gasteiger partial charge is 0.497 e. The van der Waals surface area contributed by atoms with Crippen LogP contribution in [0.3, 0.4) is 0 Å². The maximum atomic E-state index is 12.6. The van der Waals surface area contributed by atoms with Crippen LogP contribution >= 0.6 is 48.0 Å². The minimum Gasteiger partial charge on any atom is -0.497 e. The molecule has 0 unspecified atom stereocenters. The number of thiocarbonyl (C=S) groups is 2. The van der Waals surface area contributed by atoms with Gasteiger partial charge < -0.3 is 4.74 Å².